The molecule has 30 heavy (non-hydrogen) atoms. The maximum atomic E-state index is 12.9. The molecular weight excluding hydrogens is 376 g/mol. The fourth-order valence-electron chi connectivity index (χ4n) is 4.05. The molecule has 0 bridgehead atoms. The van der Waals surface area contributed by atoms with E-state index in [1.165, 1.54) is 5.56 Å². The van der Waals surface area contributed by atoms with E-state index in [9.17, 15) is 9.59 Å². The Bertz CT molecular complexity index is 1070. The van der Waals surface area contributed by atoms with Gasteiger partial charge in [-0.3, -0.25) is 4.79 Å². The van der Waals surface area contributed by atoms with Gasteiger partial charge in [0.2, 0.25) is 0 Å². The molecule has 3 aromatic rings. The zero-order valence-corrected chi connectivity index (χ0v) is 17.8. The molecule has 0 atom stereocenters. The minimum absolute atomic E-state index is 0.0661. The number of aromatic nitrogens is 3. The van der Waals surface area contributed by atoms with Crippen molar-refractivity contribution in [1.29, 1.82) is 0 Å². The summed E-state index contributed by atoms with van der Waals surface area (Å²) in [7, 11) is 0. The van der Waals surface area contributed by atoms with Gasteiger partial charge in [-0.1, -0.05) is 51.1 Å². The first-order chi connectivity index (χ1) is 14.3. The Morgan fingerprint density at radius 3 is 2.23 bits per heavy atom. The van der Waals surface area contributed by atoms with Gasteiger partial charge in [-0.2, -0.15) is 5.10 Å². The number of nitrogens with zero attached hydrogens (tertiary/aromatic N) is 3. The maximum Gasteiger partial charge on any atom is 0.347 e. The second-order valence-electron chi connectivity index (χ2n) is 8.95. The molecule has 0 unspecified atom stereocenters. The third-order valence-electron chi connectivity index (χ3n) is 5.86. The number of H-pyrrole nitrogens is 1. The highest BCUT2D eigenvalue weighted by Crippen LogP contribution is 2.28. The number of aromatic amines is 1. The van der Waals surface area contributed by atoms with Crippen LogP contribution in [0.4, 0.5) is 0 Å². The van der Waals surface area contributed by atoms with Gasteiger partial charge in [0.15, 0.2) is 0 Å². The number of hydrogen-bond acceptors (Lipinski definition) is 3. The summed E-state index contributed by atoms with van der Waals surface area (Å²) in [6.45, 7) is 7.80. The van der Waals surface area contributed by atoms with E-state index in [0.29, 0.717) is 13.1 Å². The molecule has 0 spiro atoms. The number of carbonyl (C=O) groups excluding carboxylic acids is 1. The molecule has 1 aliphatic heterocycles. The Balaban J connectivity index is 1.46. The van der Waals surface area contributed by atoms with Gasteiger partial charge in [0, 0.05) is 24.6 Å². The van der Waals surface area contributed by atoms with Crippen molar-refractivity contribution < 1.29 is 4.79 Å². The topological polar surface area (TPSA) is 71.0 Å². The number of rotatable bonds is 3. The third-order valence-corrected chi connectivity index (χ3v) is 5.86. The van der Waals surface area contributed by atoms with Crippen LogP contribution in [0.15, 0.2) is 59.4 Å². The van der Waals surface area contributed by atoms with Crippen LogP contribution < -0.4 is 5.69 Å². The predicted molar refractivity (Wildman–Crippen MR) is 117 cm³/mol. The smallest absolute Gasteiger partial charge is 0.339 e. The Labute approximate surface area is 176 Å². The lowest BCUT2D eigenvalue weighted by atomic mass is 9.86. The highest BCUT2D eigenvalue weighted by molar-refractivity contribution is 5.94. The SMILES string of the molecule is CC(C)(C)c1ccc(C(=O)N2CCC(c3n[nH]c(=O)n3-c3ccccc3)CC2)cc1. The van der Waals surface area contributed by atoms with Gasteiger partial charge in [-0.05, 0) is 48.1 Å². The summed E-state index contributed by atoms with van der Waals surface area (Å²) in [5, 5.41) is 6.89. The van der Waals surface area contributed by atoms with Crippen molar-refractivity contribution in [3.63, 3.8) is 0 Å². The Kier molecular flexibility index (Phi) is 5.33. The van der Waals surface area contributed by atoms with E-state index in [1.54, 1.807) is 4.57 Å². The summed E-state index contributed by atoms with van der Waals surface area (Å²) in [5.74, 6) is 0.945. The molecule has 6 nitrogen and oxygen atoms in total. The molecule has 6 heteroatoms. The van der Waals surface area contributed by atoms with Crippen LogP contribution >= 0.6 is 0 Å². The molecule has 1 aliphatic rings. The third kappa shape index (κ3) is 3.95. The number of piperidine rings is 1. The Hall–Kier alpha value is -3.15. The number of hydrogen-bond donors (Lipinski definition) is 1. The first kappa shape index (κ1) is 20.1. The number of amides is 1. The quantitative estimate of drug-likeness (QED) is 0.720. The van der Waals surface area contributed by atoms with E-state index < -0.39 is 0 Å². The van der Waals surface area contributed by atoms with Crippen molar-refractivity contribution in [1.82, 2.24) is 19.7 Å². The van der Waals surface area contributed by atoms with Gasteiger partial charge >= 0.3 is 5.69 Å². The average Bonchev–Trinajstić information content (AvgIpc) is 3.15. The number of nitrogens with one attached hydrogen (secondary N) is 1. The van der Waals surface area contributed by atoms with E-state index in [1.807, 2.05) is 59.5 Å². The fourth-order valence-corrected chi connectivity index (χ4v) is 4.05. The molecule has 1 saturated heterocycles. The molecule has 2 heterocycles. The molecule has 0 saturated carbocycles. The Morgan fingerprint density at radius 1 is 1.00 bits per heavy atom. The van der Waals surface area contributed by atoms with Gasteiger partial charge in [-0.25, -0.2) is 14.5 Å². The molecule has 2 aromatic carbocycles. The highest BCUT2D eigenvalue weighted by Gasteiger charge is 2.28. The Morgan fingerprint density at radius 2 is 1.63 bits per heavy atom. The van der Waals surface area contributed by atoms with Gasteiger partial charge in [0.1, 0.15) is 5.82 Å². The minimum atomic E-state index is -0.228. The molecule has 1 N–H and O–H groups in total. The van der Waals surface area contributed by atoms with Gasteiger partial charge < -0.3 is 4.90 Å². The predicted octanol–water partition coefficient (Wildman–Crippen LogP) is 3.88. The molecule has 156 valence electrons. The maximum absolute atomic E-state index is 12.9. The van der Waals surface area contributed by atoms with Gasteiger partial charge in [-0.15, -0.1) is 0 Å². The number of likely N-dealkylation sites (tertiary alicyclic amines) is 1. The van der Waals surface area contributed by atoms with Crippen LogP contribution in [0.3, 0.4) is 0 Å². The van der Waals surface area contributed by atoms with E-state index in [-0.39, 0.29) is 22.9 Å². The van der Waals surface area contributed by atoms with Crippen molar-refractivity contribution in [2.24, 2.45) is 0 Å². The summed E-state index contributed by atoms with van der Waals surface area (Å²) >= 11 is 0. The molecule has 1 fully saturated rings. The second-order valence-corrected chi connectivity index (χ2v) is 8.95. The van der Waals surface area contributed by atoms with Crippen molar-refractivity contribution in [3.8, 4) is 5.69 Å². The molecule has 1 amide bonds. The van der Waals surface area contributed by atoms with Crippen LogP contribution in [-0.2, 0) is 5.41 Å². The van der Waals surface area contributed by atoms with Crippen LogP contribution in [0, 0.1) is 0 Å². The van der Waals surface area contributed by atoms with Crippen LogP contribution in [0.25, 0.3) is 5.69 Å². The zero-order chi connectivity index (χ0) is 21.3. The molecule has 4 rings (SSSR count). The monoisotopic (exact) mass is 404 g/mol. The van der Waals surface area contributed by atoms with Gasteiger partial charge in [0.25, 0.3) is 5.91 Å². The first-order valence-electron chi connectivity index (χ1n) is 10.5. The van der Waals surface area contributed by atoms with E-state index in [0.717, 1.165) is 29.9 Å². The molecular formula is C24H28N4O2. The van der Waals surface area contributed by atoms with Crippen molar-refractivity contribution in [2.75, 3.05) is 13.1 Å². The number of carbonyl (C=O) groups is 1. The van der Waals surface area contributed by atoms with Crippen LogP contribution in [0.2, 0.25) is 0 Å². The van der Waals surface area contributed by atoms with E-state index >= 15 is 0 Å². The lowest BCUT2D eigenvalue weighted by Crippen LogP contribution is -2.38. The first-order valence-corrected chi connectivity index (χ1v) is 10.5. The van der Waals surface area contributed by atoms with Gasteiger partial charge in [0.05, 0.1) is 5.69 Å². The lowest BCUT2D eigenvalue weighted by Gasteiger charge is -2.31. The number of para-hydroxylation sites is 1. The molecule has 0 aliphatic carbocycles. The normalized spacial score (nSPS) is 15.4. The summed E-state index contributed by atoms with van der Waals surface area (Å²) in [5.41, 5.74) is 2.59. The van der Waals surface area contributed by atoms with E-state index in [4.69, 9.17) is 0 Å². The standard InChI is InChI=1S/C24H28N4O2/c1-24(2,3)19-11-9-18(10-12-19)22(29)27-15-13-17(14-16-27)21-25-26-23(30)28(21)20-7-5-4-6-8-20/h4-12,17H,13-16H2,1-3H3,(H,26,30). The summed E-state index contributed by atoms with van der Waals surface area (Å²) in [6.07, 6.45) is 1.56. The minimum Gasteiger partial charge on any atom is -0.339 e. The molecule has 0 radical (unpaired) electrons. The lowest BCUT2D eigenvalue weighted by molar-refractivity contribution is 0.0710. The van der Waals surface area contributed by atoms with Crippen LogP contribution in [-0.4, -0.2) is 38.7 Å². The largest absolute Gasteiger partial charge is 0.347 e. The summed E-state index contributed by atoms with van der Waals surface area (Å²) in [4.78, 5) is 27.2. The van der Waals surface area contributed by atoms with Crippen LogP contribution in [0.5, 0.6) is 0 Å². The fraction of sp³-hybridized carbons (Fsp3) is 0.375. The zero-order valence-electron chi connectivity index (χ0n) is 17.8. The van der Waals surface area contributed by atoms with Crippen molar-refractivity contribution in [2.45, 2.75) is 44.9 Å². The second kappa shape index (κ2) is 7.94. The van der Waals surface area contributed by atoms with Crippen molar-refractivity contribution >= 4 is 5.91 Å². The van der Waals surface area contributed by atoms with Crippen LogP contribution in [0.1, 0.15) is 61.3 Å². The summed E-state index contributed by atoms with van der Waals surface area (Å²) < 4.78 is 1.65. The van der Waals surface area contributed by atoms with E-state index in [2.05, 4.69) is 31.0 Å². The highest BCUT2D eigenvalue weighted by atomic mass is 16.2. The summed E-state index contributed by atoms with van der Waals surface area (Å²) in [6, 6.07) is 17.5. The number of benzene rings is 2. The van der Waals surface area contributed by atoms with Crippen molar-refractivity contribution in [3.05, 3.63) is 82.0 Å². The average molecular weight is 405 g/mol. The molecule has 1 aromatic heterocycles.